The standard InChI is InChI=1S/C18H21N5O/c1-10(2)16-20-18(23(5)22-16)21-17(24)14-9-13-7-6-11(3)8-15(13)19-12(14)4/h6-10H,1-5H3,(H,20,21,22,24). The highest BCUT2D eigenvalue weighted by atomic mass is 16.1. The summed E-state index contributed by atoms with van der Waals surface area (Å²) < 4.78 is 1.58. The number of aromatic nitrogens is 4. The Morgan fingerprint density at radius 3 is 2.58 bits per heavy atom. The van der Waals surface area contributed by atoms with Gasteiger partial charge in [-0.15, -0.1) is 0 Å². The van der Waals surface area contributed by atoms with Crippen molar-refractivity contribution in [1.82, 2.24) is 19.7 Å². The zero-order valence-electron chi connectivity index (χ0n) is 14.6. The maximum absolute atomic E-state index is 12.6. The number of hydrogen-bond donors (Lipinski definition) is 1. The molecule has 124 valence electrons. The van der Waals surface area contributed by atoms with Crippen LogP contribution in [0.1, 0.15) is 47.2 Å². The highest BCUT2D eigenvalue weighted by Crippen LogP contribution is 2.19. The normalized spacial score (nSPS) is 11.2. The van der Waals surface area contributed by atoms with E-state index in [4.69, 9.17) is 0 Å². The van der Waals surface area contributed by atoms with E-state index in [1.165, 1.54) is 0 Å². The molecule has 2 aromatic heterocycles. The van der Waals surface area contributed by atoms with Crippen molar-refractivity contribution in [2.24, 2.45) is 7.05 Å². The van der Waals surface area contributed by atoms with Crippen LogP contribution in [0.2, 0.25) is 0 Å². The van der Waals surface area contributed by atoms with Crippen LogP contribution in [0, 0.1) is 13.8 Å². The van der Waals surface area contributed by atoms with Gasteiger partial charge in [0.1, 0.15) is 0 Å². The number of carbonyl (C=O) groups is 1. The minimum Gasteiger partial charge on any atom is -0.291 e. The Bertz CT molecular complexity index is 927. The maximum Gasteiger partial charge on any atom is 0.259 e. The highest BCUT2D eigenvalue weighted by Gasteiger charge is 2.16. The van der Waals surface area contributed by atoms with Crippen LogP contribution in [0.3, 0.4) is 0 Å². The lowest BCUT2D eigenvalue weighted by molar-refractivity contribution is 0.102. The molecule has 6 nitrogen and oxygen atoms in total. The molecule has 1 aromatic carbocycles. The molecule has 0 aliphatic carbocycles. The van der Waals surface area contributed by atoms with E-state index in [0.717, 1.165) is 16.5 Å². The number of hydrogen-bond acceptors (Lipinski definition) is 4. The Hall–Kier alpha value is -2.76. The largest absolute Gasteiger partial charge is 0.291 e. The van der Waals surface area contributed by atoms with Crippen molar-refractivity contribution in [3.05, 3.63) is 46.9 Å². The van der Waals surface area contributed by atoms with E-state index in [9.17, 15) is 4.79 Å². The molecular formula is C18H21N5O. The first kappa shape index (κ1) is 16.1. The maximum atomic E-state index is 12.6. The molecule has 0 fully saturated rings. The number of carbonyl (C=O) groups excluding carboxylic acids is 1. The number of aryl methyl sites for hydroxylation is 3. The number of fused-ring (bicyclic) bond motifs is 1. The first-order chi connectivity index (χ1) is 11.3. The molecule has 3 rings (SSSR count). The monoisotopic (exact) mass is 323 g/mol. The van der Waals surface area contributed by atoms with Crippen molar-refractivity contribution in [3.63, 3.8) is 0 Å². The summed E-state index contributed by atoms with van der Waals surface area (Å²) in [5, 5.41) is 8.09. The number of benzene rings is 1. The Balaban J connectivity index is 1.94. The van der Waals surface area contributed by atoms with Gasteiger partial charge in [0.2, 0.25) is 5.95 Å². The Kier molecular flexibility index (Phi) is 4.05. The number of rotatable bonds is 3. The first-order valence-corrected chi connectivity index (χ1v) is 7.95. The number of amides is 1. The third kappa shape index (κ3) is 2.99. The minimum absolute atomic E-state index is 0.203. The predicted molar refractivity (Wildman–Crippen MR) is 94.3 cm³/mol. The van der Waals surface area contributed by atoms with Gasteiger partial charge in [-0.3, -0.25) is 15.1 Å². The summed E-state index contributed by atoms with van der Waals surface area (Å²) in [7, 11) is 1.77. The van der Waals surface area contributed by atoms with Crippen LogP contribution in [-0.4, -0.2) is 25.7 Å². The van der Waals surface area contributed by atoms with E-state index in [1.54, 1.807) is 11.7 Å². The lowest BCUT2D eigenvalue weighted by Gasteiger charge is -2.08. The van der Waals surface area contributed by atoms with E-state index in [0.29, 0.717) is 23.0 Å². The Morgan fingerprint density at radius 2 is 1.92 bits per heavy atom. The molecule has 2 heterocycles. The Labute approximate surface area is 140 Å². The van der Waals surface area contributed by atoms with Crippen molar-refractivity contribution in [2.75, 3.05) is 5.32 Å². The molecule has 3 aromatic rings. The molecule has 1 amide bonds. The fourth-order valence-electron chi connectivity index (χ4n) is 2.53. The van der Waals surface area contributed by atoms with Gasteiger partial charge in [0, 0.05) is 18.4 Å². The average Bonchev–Trinajstić information content (AvgIpc) is 2.87. The highest BCUT2D eigenvalue weighted by molar-refractivity contribution is 6.06. The Morgan fingerprint density at radius 1 is 1.17 bits per heavy atom. The quantitative estimate of drug-likeness (QED) is 0.802. The number of nitrogens with zero attached hydrogens (tertiary/aromatic N) is 4. The van der Waals surface area contributed by atoms with Gasteiger partial charge < -0.3 is 0 Å². The number of nitrogens with one attached hydrogen (secondary N) is 1. The van der Waals surface area contributed by atoms with Gasteiger partial charge in [0.05, 0.1) is 16.8 Å². The molecule has 0 atom stereocenters. The molecule has 1 N–H and O–H groups in total. The van der Waals surface area contributed by atoms with Gasteiger partial charge in [-0.25, -0.2) is 4.68 Å². The van der Waals surface area contributed by atoms with E-state index >= 15 is 0 Å². The van der Waals surface area contributed by atoms with Gasteiger partial charge in [-0.05, 0) is 31.5 Å². The van der Waals surface area contributed by atoms with E-state index < -0.39 is 0 Å². The van der Waals surface area contributed by atoms with Crippen molar-refractivity contribution in [1.29, 1.82) is 0 Å². The molecule has 0 saturated carbocycles. The smallest absolute Gasteiger partial charge is 0.259 e. The van der Waals surface area contributed by atoms with Gasteiger partial charge in [-0.1, -0.05) is 26.0 Å². The van der Waals surface area contributed by atoms with Crippen LogP contribution in [0.25, 0.3) is 10.9 Å². The van der Waals surface area contributed by atoms with Crippen LogP contribution in [0.15, 0.2) is 24.3 Å². The van der Waals surface area contributed by atoms with Crippen LogP contribution in [0.4, 0.5) is 5.95 Å². The average molecular weight is 323 g/mol. The first-order valence-electron chi connectivity index (χ1n) is 7.95. The van der Waals surface area contributed by atoms with Crippen molar-refractivity contribution < 1.29 is 4.79 Å². The molecular weight excluding hydrogens is 302 g/mol. The summed E-state index contributed by atoms with van der Waals surface area (Å²) in [6.45, 7) is 7.89. The third-order valence-corrected chi connectivity index (χ3v) is 3.93. The molecule has 24 heavy (non-hydrogen) atoms. The second kappa shape index (κ2) is 6.03. The molecule has 0 aliphatic heterocycles. The fraction of sp³-hybridized carbons (Fsp3) is 0.333. The van der Waals surface area contributed by atoms with Gasteiger partial charge in [0.15, 0.2) is 5.82 Å². The van der Waals surface area contributed by atoms with Crippen LogP contribution < -0.4 is 5.32 Å². The lowest BCUT2D eigenvalue weighted by atomic mass is 10.1. The van der Waals surface area contributed by atoms with Crippen LogP contribution in [-0.2, 0) is 7.05 Å². The molecule has 6 heteroatoms. The third-order valence-electron chi connectivity index (χ3n) is 3.93. The summed E-state index contributed by atoms with van der Waals surface area (Å²) in [5.41, 5.74) is 3.27. The van der Waals surface area contributed by atoms with Crippen LogP contribution >= 0.6 is 0 Å². The SMILES string of the molecule is Cc1ccc2cc(C(=O)Nc3nc(C(C)C)nn3C)c(C)nc2c1. The van der Waals surface area contributed by atoms with Crippen molar-refractivity contribution in [3.8, 4) is 0 Å². The zero-order chi connectivity index (χ0) is 17.4. The second-order valence-corrected chi connectivity index (χ2v) is 6.34. The summed E-state index contributed by atoms with van der Waals surface area (Å²) >= 11 is 0. The van der Waals surface area contributed by atoms with E-state index in [2.05, 4.69) is 20.4 Å². The number of anilines is 1. The van der Waals surface area contributed by atoms with E-state index in [1.807, 2.05) is 52.0 Å². The predicted octanol–water partition coefficient (Wildman–Crippen LogP) is 3.36. The van der Waals surface area contributed by atoms with E-state index in [-0.39, 0.29) is 11.8 Å². The van der Waals surface area contributed by atoms with Gasteiger partial charge in [-0.2, -0.15) is 10.1 Å². The zero-order valence-corrected chi connectivity index (χ0v) is 14.6. The number of pyridine rings is 1. The molecule has 0 spiro atoms. The summed E-state index contributed by atoms with van der Waals surface area (Å²) in [4.78, 5) is 21.6. The molecule has 0 saturated heterocycles. The lowest BCUT2D eigenvalue weighted by Crippen LogP contribution is -2.17. The summed E-state index contributed by atoms with van der Waals surface area (Å²) in [6, 6.07) is 7.87. The second-order valence-electron chi connectivity index (χ2n) is 6.34. The topological polar surface area (TPSA) is 72.7 Å². The van der Waals surface area contributed by atoms with Crippen molar-refractivity contribution >= 4 is 22.8 Å². The molecule has 0 radical (unpaired) electrons. The minimum atomic E-state index is -0.228. The van der Waals surface area contributed by atoms with Crippen molar-refractivity contribution in [2.45, 2.75) is 33.6 Å². The molecule has 0 aliphatic rings. The summed E-state index contributed by atoms with van der Waals surface area (Å²) in [5.74, 6) is 1.12. The van der Waals surface area contributed by atoms with Crippen LogP contribution in [0.5, 0.6) is 0 Å². The van der Waals surface area contributed by atoms with Gasteiger partial charge >= 0.3 is 0 Å². The van der Waals surface area contributed by atoms with Gasteiger partial charge in [0.25, 0.3) is 5.91 Å². The molecule has 0 bridgehead atoms. The fourth-order valence-corrected chi connectivity index (χ4v) is 2.53. The summed E-state index contributed by atoms with van der Waals surface area (Å²) in [6.07, 6.45) is 0. The molecule has 0 unspecified atom stereocenters.